The van der Waals surface area contributed by atoms with Crippen molar-refractivity contribution in [3.8, 4) is 0 Å². The van der Waals surface area contributed by atoms with Crippen LogP contribution in [0.15, 0.2) is 5.22 Å². The summed E-state index contributed by atoms with van der Waals surface area (Å²) in [7, 11) is 2.02. The summed E-state index contributed by atoms with van der Waals surface area (Å²) in [4.78, 5) is 0. The van der Waals surface area contributed by atoms with Gasteiger partial charge in [0.05, 0.1) is 12.3 Å². The highest BCUT2D eigenvalue weighted by Crippen LogP contribution is 2.26. The molecule has 0 amide bonds. The Hall–Kier alpha value is -0.350. The number of rotatable bonds is 1. The molecule has 0 aromatic heterocycles. The molecule has 1 aliphatic carbocycles. The summed E-state index contributed by atoms with van der Waals surface area (Å²) in [6.07, 6.45) is 3.04. The second-order valence-electron chi connectivity index (χ2n) is 4.78. The van der Waals surface area contributed by atoms with Crippen LogP contribution in [0.1, 0.15) is 26.2 Å². The predicted octanol–water partition coefficient (Wildman–Crippen LogP) is 1.19. The lowest BCUT2D eigenvalue weighted by molar-refractivity contribution is -0.625. The normalized spacial score (nSPS) is 41.9. The van der Waals surface area contributed by atoms with Gasteiger partial charge in [0.25, 0.3) is 0 Å². The lowest BCUT2D eigenvalue weighted by atomic mass is 9.90. The fourth-order valence-corrected chi connectivity index (χ4v) is 2.73. The van der Waals surface area contributed by atoms with Crippen LogP contribution in [-0.4, -0.2) is 46.8 Å². The van der Waals surface area contributed by atoms with E-state index in [1.807, 2.05) is 12.1 Å². The van der Waals surface area contributed by atoms with Gasteiger partial charge in [-0.1, -0.05) is 0 Å². The zero-order valence-corrected chi connectivity index (χ0v) is 10.2. The number of alkyl halides is 1. The summed E-state index contributed by atoms with van der Waals surface area (Å²) in [6.45, 7) is 3.17. The van der Waals surface area contributed by atoms with Crippen LogP contribution in [0, 0.1) is 0 Å². The van der Waals surface area contributed by atoms with Gasteiger partial charge in [-0.25, -0.2) is 0 Å². The van der Waals surface area contributed by atoms with E-state index in [0.717, 1.165) is 25.8 Å². The largest absolute Gasteiger partial charge is 0.324 e. The van der Waals surface area contributed by atoms with Crippen LogP contribution in [0.4, 0.5) is 0 Å². The second kappa shape index (κ2) is 4.26. The quantitative estimate of drug-likeness (QED) is 0.544. The molecule has 2 rings (SSSR count). The zero-order valence-electron chi connectivity index (χ0n) is 9.43. The van der Waals surface area contributed by atoms with Gasteiger partial charge in [-0.3, -0.25) is 0 Å². The van der Waals surface area contributed by atoms with Crippen LogP contribution < -0.4 is 5.73 Å². The standard InChI is InChI=1S/C10H20ClN4/c1-7-6-15(13-14(7)2)10-4-3-8(11)5-9(10)12/h7-10H,3-6,12H2,1-2H3/q+1. The summed E-state index contributed by atoms with van der Waals surface area (Å²) in [6, 6.07) is 1.04. The third-order valence-corrected chi connectivity index (χ3v) is 3.92. The number of hydrogen-bond donors (Lipinski definition) is 1. The molecule has 1 saturated carbocycles. The van der Waals surface area contributed by atoms with Crippen molar-refractivity contribution in [2.45, 2.75) is 49.7 Å². The molecule has 1 heterocycles. The van der Waals surface area contributed by atoms with E-state index in [9.17, 15) is 0 Å². The van der Waals surface area contributed by atoms with Gasteiger partial charge < -0.3 is 5.73 Å². The summed E-state index contributed by atoms with van der Waals surface area (Å²) in [5.74, 6) is 0. The molecule has 0 spiro atoms. The van der Waals surface area contributed by atoms with Crippen LogP contribution >= 0.6 is 11.6 Å². The van der Waals surface area contributed by atoms with Crippen LogP contribution in [0.3, 0.4) is 0 Å². The Morgan fingerprint density at radius 1 is 1.47 bits per heavy atom. The van der Waals surface area contributed by atoms with E-state index in [4.69, 9.17) is 17.3 Å². The van der Waals surface area contributed by atoms with E-state index in [2.05, 4.69) is 16.8 Å². The Labute approximate surface area is 96.0 Å². The van der Waals surface area contributed by atoms with Crippen LogP contribution in [0.2, 0.25) is 0 Å². The average molecular weight is 232 g/mol. The van der Waals surface area contributed by atoms with Gasteiger partial charge in [0, 0.05) is 11.4 Å². The molecular formula is C10H20ClN4+. The number of nitrogens with two attached hydrogens (primary N) is 1. The first-order valence-electron chi connectivity index (χ1n) is 5.68. The van der Waals surface area contributed by atoms with E-state index in [0.29, 0.717) is 12.1 Å². The number of hydrogen-bond acceptors (Lipinski definition) is 3. The Balaban J connectivity index is 2.02. The third kappa shape index (κ3) is 2.26. The maximum absolute atomic E-state index is 6.14. The Kier molecular flexibility index (Phi) is 3.16. The highest BCUT2D eigenvalue weighted by atomic mass is 35.5. The second-order valence-corrected chi connectivity index (χ2v) is 5.39. The number of likely N-dealkylation sites (N-methyl/N-ethyl adjacent to an activating group) is 1. The first-order chi connectivity index (χ1) is 7.08. The molecule has 4 atom stereocenters. The zero-order chi connectivity index (χ0) is 11.0. The highest BCUT2D eigenvalue weighted by molar-refractivity contribution is 6.20. The number of halogens is 1. The predicted molar refractivity (Wildman–Crippen MR) is 60.0 cm³/mol. The van der Waals surface area contributed by atoms with E-state index < -0.39 is 0 Å². The average Bonchev–Trinajstić information content (AvgIpc) is 2.46. The van der Waals surface area contributed by atoms with Crippen molar-refractivity contribution < 1.29 is 4.70 Å². The molecule has 0 radical (unpaired) electrons. The van der Waals surface area contributed by atoms with Gasteiger partial charge in [0.1, 0.15) is 12.6 Å². The lowest BCUT2D eigenvalue weighted by Gasteiger charge is -2.28. The van der Waals surface area contributed by atoms with Gasteiger partial charge in [-0.15, -0.1) is 11.6 Å². The smallest absolute Gasteiger partial charge is 0.153 e. The van der Waals surface area contributed by atoms with Crippen LogP contribution in [-0.2, 0) is 0 Å². The minimum atomic E-state index is 0.170. The van der Waals surface area contributed by atoms with Crippen molar-refractivity contribution in [2.75, 3.05) is 13.6 Å². The molecular weight excluding hydrogens is 212 g/mol. The van der Waals surface area contributed by atoms with Gasteiger partial charge in [-0.2, -0.15) is 9.71 Å². The molecule has 1 aliphatic heterocycles. The summed E-state index contributed by atoms with van der Waals surface area (Å²) in [5, 5.41) is 6.78. The first kappa shape index (κ1) is 11.1. The number of nitrogens with zero attached hydrogens (tertiary/aromatic N) is 3. The third-order valence-electron chi connectivity index (χ3n) is 3.53. The van der Waals surface area contributed by atoms with E-state index in [-0.39, 0.29) is 11.4 Å². The molecule has 0 aromatic carbocycles. The molecule has 86 valence electrons. The highest BCUT2D eigenvalue weighted by Gasteiger charge is 2.38. The minimum Gasteiger partial charge on any atom is -0.324 e. The topological polar surface area (TPSA) is 44.6 Å². The summed E-state index contributed by atoms with van der Waals surface area (Å²) < 4.78 is 2.15. The van der Waals surface area contributed by atoms with Crippen molar-refractivity contribution in [2.24, 2.45) is 11.0 Å². The minimum absolute atomic E-state index is 0.170. The molecule has 4 unspecified atom stereocenters. The summed E-state index contributed by atoms with van der Waals surface area (Å²) >= 11 is 6.10. The fraction of sp³-hybridized carbons (Fsp3) is 1.00. The van der Waals surface area contributed by atoms with Crippen molar-refractivity contribution in [3.05, 3.63) is 0 Å². The van der Waals surface area contributed by atoms with Gasteiger partial charge in [0.15, 0.2) is 6.04 Å². The Morgan fingerprint density at radius 2 is 2.20 bits per heavy atom. The Morgan fingerprint density at radius 3 is 2.73 bits per heavy atom. The van der Waals surface area contributed by atoms with Crippen molar-refractivity contribution in [1.82, 2.24) is 5.01 Å². The monoisotopic (exact) mass is 231 g/mol. The lowest BCUT2D eigenvalue weighted by Crippen LogP contribution is -2.47. The van der Waals surface area contributed by atoms with Gasteiger partial charge in [0.2, 0.25) is 0 Å². The molecule has 1 fully saturated rings. The molecule has 15 heavy (non-hydrogen) atoms. The SMILES string of the molecule is CC1C[N+](C2CCC(Cl)CC2N)=NN1C. The molecule has 2 aliphatic rings. The maximum Gasteiger partial charge on any atom is 0.153 e. The van der Waals surface area contributed by atoms with E-state index >= 15 is 0 Å². The molecule has 0 bridgehead atoms. The van der Waals surface area contributed by atoms with Gasteiger partial charge in [-0.05, 0) is 26.2 Å². The Bertz CT molecular complexity index is 268. The van der Waals surface area contributed by atoms with Crippen molar-refractivity contribution in [1.29, 1.82) is 0 Å². The van der Waals surface area contributed by atoms with Crippen LogP contribution in [0.5, 0.6) is 0 Å². The fourth-order valence-electron chi connectivity index (χ4n) is 2.40. The van der Waals surface area contributed by atoms with E-state index in [1.54, 1.807) is 0 Å². The molecule has 0 aromatic rings. The van der Waals surface area contributed by atoms with E-state index in [1.165, 1.54) is 0 Å². The molecule has 5 heteroatoms. The molecule has 4 nitrogen and oxygen atoms in total. The summed E-state index contributed by atoms with van der Waals surface area (Å²) in [5.41, 5.74) is 6.14. The molecule has 0 saturated heterocycles. The molecule has 2 N–H and O–H groups in total. The van der Waals surface area contributed by atoms with Crippen LogP contribution in [0.25, 0.3) is 0 Å². The first-order valence-corrected chi connectivity index (χ1v) is 6.12. The van der Waals surface area contributed by atoms with Gasteiger partial charge >= 0.3 is 0 Å². The maximum atomic E-state index is 6.14. The van der Waals surface area contributed by atoms with Crippen molar-refractivity contribution in [3.63, 3.8) is 0 Å². The van der Waals surface area contributed by atoms with Crippen molar-refractivity contribution >= 4 is 11.6 Å².